The maximum absolute atomic E-state index is 12.2. The van der Waals surface area contributed by atoms with Gasteiger partial charge in [-0.2, -0.15) is 0 Å². The molecule has 0 saturated heterocycles. The van der Waals surface area contributed by atoms with Crippen LogP contribution in [0.25, 0.3) is 0 Å². The number of benzene rings is 1. The minimum atomic E-state index is -0.516. The first-order valence-corrected chi connectivity index (χ1v) is 7.08. The van der Waals surface area contributed by atoms with Crippen molar-refractivity contribution in [3.8, 4) is 0 Å². The van der Waals surface area contributed by atoms with Crippen LogP contribution < -0.4 is 4.90 Å². The van der Waals surface area contributed by atoms with Crippen molar-refractivity contribution in [2.24, 2.45) is 0 Å². The number of carbonyl (C=O) groups is 2. The number of fused-ring (bicyclic) bond motifs is 1. The molecule has 0 N–H and O–H groups in total. The summed E-state index contributed by atoms with van der Waals surface area (Å²) in [5, 5.41) is 0.344. The van der Waals surface area contributed by atoms with Crippen molar-refractivity contribution in [2.75, 3.05) is 4.90 Å². The van der Waals surface area contributed by atoms with Gasteiger partial charge in [-0.1, -0.05) is 30.7 Å². The SMILES string of the molecule is CCc1ccc2c(c1)C(=O)C(=O)N2Cc1cccnc1Cl. The molecule has 3 rings (SSSR count). The molecule has 4 nitrogen and oxygen atoms in total. The van der Waals surface area contributed by atoms with Gasteiger partial charge >= 0.3 is 0 Å². The summed E-state index contributed by atoms with van der Waals surface area (Å²) in [5.41, 5.74) is 2.87. The number of ketones is 1. The Morgan fingerprint density at radius 1 is 1.24 bits per heavy atom. The summed E-state index contributed by atoms with van der Waals surface area (Å²) in [4.78, 5) is 29.8. The molecular weight excluding hydrogens is 288 g/mol. The van der Waals surface area contributed by atoms with Crippen LogP contribution in [0.1, 0.15) is 28.4 Å². The fraction of sp³-hybridized carbons (Fsp3) is 0.188. The van der Waals surface area contributed by atoms with Gasteiger partial charge in [0.25, 0.3) is 11.7 Å². The Balaban J connectivity index is 2.00. The molecule has 0 bridgehead atoms. The van der Waals surface area contributed by atoms with Crippen LogP contribution in [-0.2, 0) is 17.8 Å². The van der Waals surface area contributed by atoms with E-state index in [1.54, 1.807) is 24.4 Å². The summed E-state index contributed by atoms with van der Waals surface area (Å²) in [6.45, 7) is 2.26. The number of hydrogen-bond donors (Lipinski definition) is 0. The van der Waals surface area contributed by atoms with Crippen LogP contribution in [0.2, 0.25) is 5.15 Å². The predicted molar refractivity (Wildman–Crippen MR) is 80.6 cm³/mol. The largest absolute Gasteiger partial charge is 0.300 e. The van der Waals surface area contributed by atoms with E-state index in [4.69, 9.17) is 11.6 Å². The zero-order valence-electron chi connectivity index (χ0n) is 11.5. The molecule has 1 aromatic carbocycles. The van der Waals surface area contributed by atoms with Gasteiger partial charge < -0.3 is 4.90 Å². The van der Waals surface area contributed by atoms with Crippen LogP contribution in [0.3, 0.4) is 0 Å². The van der Waals surface area contributed by atoms with Crippen molar-refractivity contribution in [2.45, 2.75) is 19.9 Å². The lowest BCUT2D eigenvalue weighted by molar-refractivity contribution is -0.114. The van der Waals surface area contributed by atoms with Gasteiger partial charge in [0, 0.05) is 11.8 Å². The molecule has 1 amide bonds. The number of halogens is 1. The highest BCUT2D eigenvalue weighted by molar-refractivity contribution is 6.52. The maximum atomic E-state index is 12.2. The number of hydrogen-bond acceptors (Lipinski definition) is 3. The van der Waals surface area contributed by atoms with Crippen molar-refractivity contribution >= 4 is 29.0 Å². The minimum Gasteiger partial charge on any atom is -0.300 e. The topological polar surface area (TPSA) is 50.3 Å². The number of aryl methyl sites for hydroxylation is 1. The van der Waals surface area contributed by atoms with Gasteiger partial charge in [0.2, 0.25) is 0 Å². The molecule has 1 aromatic heterocycles. The van der Waals surface area contributed by atoms with Crippen molar-refractivity contribution in [1.82, 2.24) is 4.98 Å². The van der Waals surface area contributed by atoms with Crippen LogP contribution in [0, 0.1) is 0 Å². The van der Waals surface area contributed by atoms with E-state index < -0.39 is 11.7 Å². The minimum absolute atomic E-state index is 0.246. The quantitative estimate of drug-likeness (QED) is 0.647. The Bertz CT molecular complexity index is 743. The first-order chi connectivity index (χ1) is 10.1. The van der Waals surface area contributed by atoms with E-state index in [-0.39, 0.29) is 6.54 Å². The molecule has 0 atom stereocenters. The molecule has 0 radical (unpaired) electrons. The van der Waals surface area contributed by atoms with E-state index in [0.29, 0.717) is 22.0 Å². The van der Waals surface area contributed by atoms with Crippen LogP contribution in [0.4, 0.5) is 5.69 Å². The van der Waals surface area contributed by atoms with Gasteiger partial charge in [-0.3, -0.25) is 9.59 Å². The van der Waals surface area contributed by atoms with Crippen molar-refractivity contribution in [1.29, 1.82) is 0 Å². The number of pyridine rings is 1. The normalized spacial score (nSPS) is 13.7. The van der Waals surface area contributed by atoms with E-state index in [1.807, 2.05) is 19.1 Å². The summed E-state index contributed by atoms with van der Waals surface area (Å²) < 4.78 is 0. The zero-order valence-corrected chi connectivity index (χ0v) is 12.2. The third-order valence-electron chi connectivity index (χ3n) is 3.61. The Labute approximate surface area is 127 Å². The van der Waals surface area contributed by atoms with Crippen molar-refractivity contribution < 1.29 is 9.59 Å². The molecular formula is C16H13ClN2O2. The molecule has 1 aliphatic heterocycles. The lowest BCUT2D eigenvalue weighted by Crippen LogP contribution is -2.29. The average Bonchev–Trinajstić information content (AvgIpc) is 2.74. The Morgan fingerprint density at radius 2 is 2.05 bits per heavy atom. The second kappa shape index (κ2) is 5.30. The number of amides is 1. The zero-order chi connectivity index (χ0) is 15.0. The highest BCUT2D eigenvalue weighted by atomic mass is 35.5. The average molecular weight is 301 g/mol. The van der Waals surface area contributed by atoms with Gasteiger partial charge in [-0.25, -0.2) is 4.98 Å². The van der Waals surface area contributed by atoms with Gasteiger partial charge in [-0.05, 0) is 30.2 Å². The Hall–Kier alpha value is -2.20. The molecule has 0 spiro atoms. The first-order valence-electron chi connectivity index (χ1n) is 6.70. The Morgan fingerprint density at radius 3 is 2.76 bits per heavy atom. The number of Topliss-reactive ketones (excluding diaryl/α,β-unsaturated/α-hetero) is 1. The second-order valence-corrected chi connectivity index (χ2v) is 5.24. The molecule has 0 aliphatic carbocycles. The fourth-order valence-corrected chi connectivity index (χ4v) is 2.61. The number of carbonyl (C=O) groups excluding carboxylic acids is 2. The van der Waals surface area contributed by atoms with E-state index in [1.165, 1.54) is 4.90 Å². The molecule has 0 saturated carbocycles. The summed E-state index contributed by atoms with van der Waals surface area (Å²) in [7, 11) is 0. The van der Waals surface area contributed by atoms with E-state index in [2.05, 4.69) is 4.98 Å². The molecule has 5 heteroatoms. The first kappa shape index (κ1) is 13.8. The molecule has 2 aromatic rings. The molecule has 0 unspecified atom stereocenters. The fourth-order valence-electron chi connectivity index (χ4n) is 2.43. The molecule has 2 heterocycles. The van der Waals surface area contributed by atoms with E-state index in [9.17, 15) is 9.59 Å². The van der Waals surface area contributed by atoms with E-state index in [0.717, 1.165) is 12.0 Å². The smallest absolute Gasteiger partial charge is 0.299 e. The summed E-state index contributed by atoms with van der Waals surface area (Å²) >= 11 is 6.03. The predicted octanol–water partition coefficient (Wildman–Crippen LogP) is 3.03. The van der Waals surface area contributed by atoms with Crippen LogP contribution in [-0.4, -0.2) is 16.7 Å². The summed E-state index contributed by atoms with van der Waals surface area (Å²) in [6, 6.07) is 9.10. The molecule has 106 valence electrons. The van der Waals surface area contributed by atoms with Crippen LogP contribution in [0.5, 0.6) is 0 Å². The monoisotopic (exact) mass is 300 g/mol. The number of rotatable bonds is 3. The highest BCUT2D eigenvalue weighted by Gasteiger charge is 2.36. The van der Waals surface area contributed by atoms with Gasteiger partial charge in [0.15, 0.2) is 0 Å². The van der Waals surface area contributed by atoms with E-state index >= 15 is 0 Å². The molecule has 1 aliphatic rings. The number of aromatic nitrogens is 1. The highest BCUT2D eigenvalue weighted by Crippen LogP contribution is 2.32. The van der Waals surface area contributed by atoms with Gasteiger partial charge in [0.05, 0.1) is 17.8 Å². The van der Waals surface area contributed by atoms with Crippen LogP contribution >= 0.6 is 11.6 Å². The third kappa shape index (κ3) is 2.32. The van der Waals surface area contributed by atoms with Crippen molar-refractivity contribution in [3.63, 3.8) is 0 Å². The van der Waals surface area contributed by atoms with Gasteiger partial charge in [0.1, 0.15) is 5.15 Å². The van der Waals surface area contributed by atoms with Gasteiger partial charge in [-0.15, -0.1) is 0 Å². The number of nitrogens with zero attached hydrogens (tertiary/aromatic N) is 2. The van der Waals surface area contributed by atoms with Crippen LogP contribution in [0.15, 0.2) is 36.5 Å². The van der Waals surface area contributed by atoms with Crippen molar-refractivity contribution in [3.05, 3.63) is 58.4 Å². The molecule has 0 fully saturated rings. The molecule has 21 heavy (non-hydrogen) atoms. The standard InChI is InChI=1S/C16H13ClN2O2/c1-2-10-5-6-13-12(8-10)14(20)16(21)19(13)9-11-4-3-7-18-15(11)17/h3-8H,2,9H2,1H3. The second-order valence-electron chi connectivity index (χ2n) is 4.88. The number of anilines is 1. The lowest BCUT2D eigenvalue weighted by atomic mass is 10.1. The third-order valence-corrected chi connectivity index (χ3v) is 3.95. The summed E-state index contributed by atoms with van der Waals surface area (Å²) in [6.07, 6.45) is 2.41. The summed E-state index contributed by atoms with van der Waals surface area (Å²) in [5.74, 6) is -0.974. The maximum Gasteiger partial charge on any atom is 0.299 e. The Kier molecular flexibility index (Phi) is 3.47. The lowest BCUT2D eigenvalue weighted by Gasteiger charge is -2.17.